The highest BCUT2D eigenvalue weighted by molar-refractivity contribution is 5.74. The average Bonchev–Trinajstić information content (AvgIpc) is 2.37. The monoisotopic (exact) mass is 189 g/mol. The van der Waals surface area contributed by atoms with Crippen LogP contribution in [-0.4, -0.2) is 32.2 Å². The molecule has 0 aliphatic heterocycles. The number of nitrogen functional groups attached to an aromatic ring is 1. The molecule has 4 N–H and O–H groups in total. The molecule has 0 saturated heterocycles. The van der Waals surface area contributed by atoms with Gasteiger partial charge in [-0.2, -0.15) is 0 Å². The van der Waals surface area contributed by atoms with Gasteiger partial charge < -0.3 is 20.8 Å². The lowest BCUT2D eigenvalue weighted by Gasteiger charge is -1.84. The molecule has 1 rings (SSSR count). The van der Waals surface area contributed by atoms with Crippen LogP contribution in [0.2, 0.25) is 0 Å². The highest BCUT2D eigenvalue weighted by Crippen LogP contribution is 1.73. The second-order valence-electron chi connectivity index (χ2n) is 1.64. The third-order valence-electron chi connectivity index (χ3n) is 0.699. The molecule has 1 aromatic rings. The molecule has 0 saturated carbocycles. The van der Waals surface area contributed by atoms with E-state index < -0.39 is 12.3 Å². The minimum Gasteiger partial charge on any atom is -0.449 e. The molecule has 0 radical (unpaired) electrons. The van der Waals surface area contributed by atoms with E-state index in [0.717, 1.165) is 0 Å². The number of aromatic nitrogens is 2. The van der Waals surface area contributed by atoms with E-state index in [1.807, 2.05) is 0 Å². The van der Waals surface area contributed by atoms with Crippen LogP contribution < -0.4 is 5.84 Å². The normalized spacial score (nSPS) is 8.00. The molecule has 0 aromatic carbocycles. The van der Waals surface area contributed by atoms with Crippen LogP contribution in [0.4, 0.5) is 9.59 Å². The molecular weight excluding hydrogens is 182 g/mol. The Morgan fingerprint density at radius 3 is 2.00 bits per heavy atom. The zero-order valence-electron chi connectivity index (χ0n) is 6.32. The fourth-order valence-corrected chi connectivity index (χ4v) is 0.344. The molecule has 8 heteroatoms. The maximum Gasteiger partial charge on any atom is 0.516 e. The van der Waals surface area contributed by atoms with Crippen molar-refractivity contribution in [1.29, 1.82) is 0 Å². The third kappa shape index (κ3) is 7.65. The van der Waals surface area contributed by atoms with Crippen molar-refractivity contribution in [2.75, 3.05) is 5.84 Å². The minimum atomic E-state index is -1.81. The lowest BCUT2D eigenvalue weighted by atomic mass is 11.0. The second kappa shape index (κ2) is 5.41. The number of carboxylic acid groups (broad SMARTS) is 2. The summed E-state index contributed by atoms with van der Waals surface area (Å²) in [6.45, 7) is 0. The van der Waals surface area contributed by atoms with E-state index in [1.165, 1.54) is 11.0 Å². The van der Waals surface area contributed by atoms with Crippen molar-refractivity contribution in [1.82, 2.24) is 9.66 Å². The number of nitrogens with zero attached hydrogens (tertiary/aromatic N) is 2. The van der Waals surface area contributed by atoms with Gasteiger partial charge in [0.25, 0.3) is 0 Å². The highest BCUT2D eigenvalue weighted by atomic mass is 16.7. The molecule has 13 heavy (non-hydrogen) atoms. The largest absolute Gasteiger partial charge is 0.516 e. The van der Waals surface area contributed by atoms with Gasteiger partial charge in [-0.05, 0) is 0 Å². The van der Waals surface area contributed by atoms with Gasteiger partial charge in [-0.25, -0.2) is 14.6 Å². The smallest absolute Gasteiger partial charge is 0.449 e. The number of ether oxygens (including phenoxy) is 1. The summed E-state index contributed by atoms with van der Waals surface area (Å²) in [4.78, 5) is 22.1. The third-order valence-corrected chi connectivity index (χ3v) is 0.699. The summed E-state index contributed by atoms with van der Waals surface area (Å²) in [5.74, 6) is 5.13. The van der Waals surface area contributed by atoms with Crippen LogP contribution in [0.5, 0.6) is 0 Å². The van der Waals surface area contributed by atoms with E-state index in [-0.39, 0.29) is 0 Å². The fraction of sp³-hybridized carbons (Fsp3) is 0. The average molecular weight is 189 g/mol. The lowest BCUT2D eigenvalue weighted by molar-refractivity contribution is 0.0802. The first-order valence-corrected chi connectivity index (χ1v) is 2.89. The van der Waals surface area contributed by atoms with Crippen molar-refractivity contribution < 1.29 is 24.5 Å². The van der Waals surface area contributed by atoms with E-state index in [1.54, 1.807) is 12.4 Å². The van der Waals surface area contributed by atoms with Gasteiger partial charge in [-0.1, -0.05) is 0 Å². The van der Waals surface area contributed by atoms with Crippen LogP contribution in [0.25, 0.3) is 0 Å². The van der Waals surface area contributed by atoms with Gasteiger partial charge in [-0.15, -0.1) is 0 Å². The molecule has 0 unspecified atom stereocenters. The van der Waals surface area contributed by atoms with Crippen LogP contribution in [-0.2, 0) is 4.74 Å². The van der Waals surface area contributed by atoms with Crippen molar-refractivity contribution >= 4 is 12.3 Å². The van der Waals surface area contributed by atoms with Gasteiger partial charge in [0.2, 0.25) is 0 Å². The molecule has 0 amide bonds. The predicted octanol–water partition coefficient (Wildman–Crippen LogP) is -0.0441. The van der Waals surface area contributed by atoms with Gasteiger partial charge in [-0.3, -0.25) is 4.68 Å². The second-order valence-corrected chi connectivity index (χ2v) is 1.64. The van der Waals surface area contributed by atoms with E-state index >= 15 is 0 Å². The molecule has 0 fully saturated rings. The zero-order chi connectivity index (χ0) is 10.3. The number of imidazole rings is 1. The Hall–Kier alpha value is -2.25. The quantitative estimate of drug-likeness (QED) is 0.296. The van der Waals surface area contributed by atoms with Gasteiger partial charge in [0.15, 0.2) is 0 Å². The summed E-state index contributed by atoms with van der Waals surface area (Å²) in [7, 11) is 0. The number of carbonyl (C=O) groups is 2. The first kappa shape index (κ1) is 10.8. The maximum absolute atomic E-state index is 9.21. The van der Waals surface area contributed by atoms with Crippen molar-refractivity contribution in [2.24, 2.45) is 0 Å². The summed E-state index contributed by atoms with van der Waals surface area (Å²) in [5.41, 5.74) is 0. The molecule has 72 valence electrons. The van der Waals surface area contributed by atoms with E-state index in [0.29, 0.717) is 0 Å². The maximum atomic E-state index is 9.21. The summed E-state index contributed by atoms with van der Waals surface area (Å²) >= 11 is 0. The van der Waals surface area contributed by atoms with Crippen molar-refractivity contribution in [3.05, 3.63) is 18.7 Å². The number of nitrogens with two attached hydrogens (primary N) is 1. The molecule has 0 aliphatic carbocycles. The lowest BCUT2D eigenvalue weighted by Crippen LogP contribution is -2.05. The Kier molecular flexibility index (Phi) is 4.47. The van der Waals surface area contributed by atoms with Gasteiger partial charge in [0, 0.05) is 12.4 Å². The highest BCUT2D eigenvalue weighted by Gasteiger charge is 2.01. The van der Waals surface area contributed by atoms with E-state index in [2.05, 4.69) is 9.72 Å². The van der Waals surface area contributed by atoms with Crippen molar-refractivity contribution in [3.63, 3.8) is 0 Å². The SMILES string of the molecule is Nn1ccnc1.O=C(O)OC(=O)O. The van der Waals surface area contributed by atoms with Crippen LogP contribution in [0.15, 0.2) is 18.7 Å². The summed E-state index contributed by atoms with van der Waals surface area (Å²) in [6, 6.07) is 0. The van der Waals surface area contributed by atoms with E-state index in [9.17, 15) is 9.59 Å². The standard InChI is InChI=1S/C3H5N3.C2H2O5/c4-6-2-1-5-3-6;3-1(4)7-2(5)6/h1-3H,4H2;(H,3,4)(H,5,6). The van der Waals surface area contributed by atoms with Gasteiger partial charge >= 0.3 is 12.3 Å². The molecule has 0 atom stereocenters. The van der Waals surface area contributed by atoms with Crippen LogP contribution >= 0.6 is 0 Å². The Labute approximate surface area is 72.1 Å². The molecule has 8 nitrogen and oxygen atoms in total. The summed E-state index contributed by atoms with van der Waals surface area (Å²) in [5, 5.41) is 15.0. The Morgan fingerprint density at radius 1 is 1.38 bits per heavy atom. The zero-order valence-corrected chi connectivity index (χ0v) is 6.32. The predicted molar refractivity (Wildman–Crippen MR) is 39.5 cm³/mol. The Balaban J connectivity index is 0.000000223. The minimum absolute atomic E-state index is 1.39. The number of rotatable bonds is 0. The fourth-order valence-electron chi connectivity index (χ4n) is 0.344. The summed E-state index contributed by atoms with van der Waals surface area (Å²) < 4.78 is 4.47. The number of hydrogen-bond acceptors (Lipinski definition) is 5. The topological polar surface area (TPSA) is 128 Å². The first-order chi connectivity index (χ1) is 6.02. The van der Waals surface area contributed by atoms with Crippen LogP contribution in [0.3, 0.4) is 0 Å². The molecule has 0 spiro atoms. The first-order valence-electron chi connectivity index (χ1n) is 2.89. The Bertz CT molecular complexity index is 258. The molecule has 0 bridgehead atoms. The number of hydrogen-bond donors (Lipinski definition) is 3. The molecule has 0 aliphatic rings. The molecule has 1 heterocycles. The Morgan fingerprint density at radius 2 is 1.92 bits per heavy atom. The molecular formula is C5H7N3O5. The van der Waals surface area contributed by atoms with Gasteiger partial charge in [0.05, 0.1) is 0 Å². The van der Waals surface area contributed by atoms with Crippen LogP contribution in [0, 0.1) is 0 Å². The summed E-state index contributed by atoms with van der Waals surface area (Å²) in [6.07, 6.45) is 1.19. The van der Waals surface area contributed by atoms with Crippen molar-refractivity contribution in [3.8, 4) is 0 Å². The van der Waals surface area contributed by atoms with Crippen molar-refractivity contribution in [2.45, 2.75) is 0 Å². The van der Waals surface area contributed by atoms with Crippen LogP contribution in [0.1, 0.15) is 0 Å². The van der Waals surface area contributed by atoms with Gasteiger partial charge in [0.1, 0.15) is 6.33 Å². The van der Waals surface area contributed by atoms with E-state index in [4.69, 9.17) is 16.1 Å². The molecule has 1 aromatic heterocycles.